The van der Waals surface area contributed by atoms with E-state index in [1.54, 1.807) is 12.1 Å². The Balaban J connectivity index is 2.61. The van der Waals surface area contributed by atoms with Crippen molar-refractivity contribution < 1.29 is 9.21 Å². The third-order valence-electron chi connectivity index (χ3n) is 2.25. The number of nitrogens with two attached hydrogens (primary N) is 1. The maximum atomic E-state index is 11.7. The van der Waals surface area contributed by atoms with Gasteiger partial charge in [-0.25, -0.2) is 0 Å². The third kappa shape index (κ3) is 3.11. The van der Waals surface area contributed by atoms with Gasteiger partial charge in [0.25, 0.3) is 5.91 Å². The van der Waals surface area contributed by atoms with Crippen LogP contribution in [0.4, 0.5) is 0 Å². The molecule has 1 amide bonds. The lowest BCUT2D eigenvalue weighted by molar-refractivity contribution is 0.0907. The molecule has 0 fully saturated rings. The molecule has 5 nitrogen and oxygen atoms in total. The number of rotatable bonds is 5. The SMILES string of the molecule is CCC(CC#N)NC(=O)c1ccc(CN)o1. The molecule has 0 saturated heterocycles. The average Bonchev–Trinajstić information content (AvgIpc) is 2.76. The molecule has 0 aromatic carbocycles. The van der Waals surface area contributed by atoms with Crippen LogP contribution in [0.3, 0.4) is 0 Å². The van der Waals surface area contributed by atoms with Crippen LogP contribution in [0.2, 0.25) is 0 Å². The van der Waals surface area contributed by atoms with Gasteiger partial charge in [-0.2, -0.15) is 5.26 Å². The van der Waals surface area contributed by atoms with Gasteiger partial charge < -0.3 is 15.5 Å². The fourth-order valence-corrected chi connectivity index (χ4v) is 1.27. The van der Waals surface area contributed by atoms with Crippen LogP contribution < -0.4 is 11.1 Å². The van der Waals surface area contributed by atoms with Gasteiger partial charge in [0.1, 0.15) is 5.76 Å². The van der Waals surface area contributed by atoms with Gasteiger partial charge in [0.15, 0.2) is 5.76 Å². The minimum atomic E-state index is -0.304. The van der Waals surface area contributed by atoms with Crippen molar-refractivity contribution in [2.75, 3.05) is 0 Å². The summed E-state index contributed by atoms with van der Waals surface area (Å²) < 4.78 is 5.20. The first-order chi connectivity index (χ1) is 7.71. The Morgan fingerprint density at radius 3 is 2.94 bits per heavy atom. The Morgan fingerprint density at radius 1 is 1.69 bits per heavy atom. The molecule has 0 aliphatic heterocycles. The van der Waals surface area contributed by atoms with Crippen molar-refractivity contribution in [1.29, 1.82) is 5.26 Å². The minimum absolute atomic E-state index is 0.135. The Hall–Kier alpha value is -1.80. The predicted molar refractivity (Wildman–Crippen MR) is 58.4 cm³/mol. The van der Waals surface area contributed by atoms with Crippen LogP contribution in [0.25, 0.3) is 0 Å². The predicted octanol–water partition coefficient (Wildman–Crippen LogP) is 1.16. The molecule has 1 heterocycles. The zero-order valence-electron chi connectivity index (χ0n) is 9.19. The number of nitrogens with one attached hydrogen (secondary N) is 1. The largest absolute Gasteiger partial charge is 0.455 e. The topological polar surface area (TPSA) is 92.0 Å². The lowest BCUT2D eigenvalue weighted by Gasteiger charge is -2.11. The van der Waals surface area contributed by atoms with Crippen molar-refractivity contribution in [3.05, 3.63) is 23.7 Å². The molecule has 5 heteroatoms. The number of hydrogen-bond acceptors (Lipinski definition) is 4. The molecule has 1 aromatic heterocycles. The molecular weight excluding hydrogens is 206 g/mol. The molecule has 1 rings (SSSR count). The van der Waals surface area contributed by atoms with Crippen LogP contribution in [-0.2, 0) is 6.54 Å². The summed E-state index contributed by atoms with van der Waals surface area (Å²) in [6, 6.07) is 5.14. The second kappa shape index (κ2) is 5.93. The molecule has 1 unspecified atom stereocenters. The van der Waals surface area contributed by atoms with Crippen LogP contribution in [-0.4, -0.2) is 11.9 Å². The fraction of sp³-hybridized carbons (Fsp3) is 0.455. The highest BCUT2D eigenvalue weighted by Crippen LogP contribution is 2.08. The normalized spacial score (nSPS) is 11.8. The van der Waals surface area contributed by atoms with Gasteiger partial charge in [-0.15, -0.1) is 0 Å². The summed E-state index contributed by atoms with van der Waals surface area (Å²) in [6.07, 6.45) is 1.01. The molecule has 0 bridgehead atoms. The summed E-state index contributed by atoms with van der Waals surface area (Å²) in [5, 5.41) is 11.3. The number of furan rings is 1. The number of nitriles is 1. The van der Waals surface area contributed by atoms with Crippen molar-refractivity contribution in [2.24, 2.45) is 5.73 Å². The monoisotopic (exact) mass is 221 g/mol. The fourth-order valence-electron chi connectivity index (χ4n) is 1.27. The van der Waals surface area contributed by atoms with Crippen LogP contribution >= 0.6 is 0 Å². The highest BCUT2D eigenvalue weighted by atomic mass is 16.4. The Kier molecular flexibility index (Phi) is 4.55. The number of nitrogens with zero attached hydrogens (tertiary/aromatic N) is 1. The van der Waals surface area contributed by atoms with E-state index in [1.165, 1.54) is 0 Å². The van der Waals surface area contributed by atoms with Gasteiger partial charge in [-0.3, -0.25) is 4.79 Å². The second-order valence-electron chi connectivity index (χ2n) is 3.41. The average molecular weight is 221 g/mol. The van der Waals surface area contributed by atoms with E-state index in [2.05, 4.69) is 5.32 Å². The number of carbonyl (C=O) groups is 1. The van der Waals surface area contributed by atoms with E-state index in [-0.39, 0.29) is 24.3 Å². The minimum Gasteiger partial charge on any atom is -0.455 e. The van der Waals surface area contributed by atoms with E-state index in [0.717, 1.165) is 0 Å². The van der Waals surface area contributed by atoms with Crippen LogP contribution in [0.1, 0.15) is 36.1 Å². The lowest BCUT2D eigenvalue weighted by Crippen LogP contribution is -2.33. The molecule has 0 aliphatic carbocycles. The van der Waals surface area contributed by atoms with Gasteiger partial charge in [-0.1, -0.05) is 6.92 Å². The smallest absolute Gasteiger partial charge is 0.287 e. The molecular formula is C11H15N3O2. The molecule has 0 radical (unpaired) electrons. The first-order valence-corrected chi connectivity index (χ1v) is 5.17. The lowest BCUT2D eigenvalue weighted by atomic mass is 10.1. The van der Waals surface area contributed by atoms with Crippen molar-refractivity contribution in [3.63, 3.8) is 0 Å². The maximum Gasteiger partial charge on any atom is 0.287 e. The van der Waals surface area contributed by atoms with E-state index in [9.17, 15) is 4.79 Å². The van der Waals surface area contributed by atoms with Crippen LogP contribution in [0.5, 0.6) is 0 Å². The van der Waals surface area contributed by atoms with Crippen LogP contribution in [0.15, 0.2) is 16.5 Å². The summed E-state index contributed by atoms with van der Waals surface area (Å²) >= 11 is 0. The summed E-state index contributed by atoms with van der Waals surface area (Å²) in [7, 11) is 0. The molecule has 16 heavy (non-hydrogen) atoms. The second-order valence-corrected chi connectivity index (χ2v) is 3.41. The van der Waals surface area contributed by atoms with E-state index in [1.807, 2.05) is 13.0 Å². The number of amides is 1. The molecule has 86 valence electrons. The molecule has 3 N–H and O–H groups in total. The van der Waals surface area contributed by atoms with E-state index in [0.29, 0.717) is 18.6 Å². The van der Waals surface area contributed by atoms with E-state index >= 15 is 0 Å². The molecule has 1 atom stereocenters. The van der Waals surface area contributed by atoms with E-state index in [4.69, 9.17) is 15.4 Å². The molecule has 1 aromatic rings. The zero-order valence-corrected chi connectivity index (χ0v) is 9.19. The molecule has 0 spiro atoms. The first-order valence-electron chi connectivity index (χ1n) is 5.17. The van der Waals surface area contributed by atoms with Crippen molar-refractivity contribution in [3.8, 4) is 6.07 Å². The van der Waals surface area contributed by atoms with Crippen molar-refractivity contribution in [1.82, 2.24) is 5.32 Å². The zero-order chi connectivity index (χ0) is 12.0. The highest BCUT2D eigenvalue weighted by Gasteiger charge is 2.14. The van der Waals surface area contributed by atoms with Crippen molar-refractivity contribution >= 4 is 5.91 Å². The van der Waals surface area contributed by atoms with Gasteiger partial charge in [0.05, 0.1) is 19.0 Å². The maximum absolute atomic E-state index is 11.7. The summed E-state index contributed by atoms with van der Waals surface area (Å²) in [5.41, 5.74) is 5.37. The molecule has 0 saturated carbocycles. The van der Waals surface area contributed by atoms with E-state index < -0.39 is 0 Å². The van der Waals surface area contributed by atoms with Crippen LogP contribution in [0, 0.1) is 11.3 Å². The first kappa shape index (κ1) is 12.3. The Labute approximate surface area is 94.2 Å². The summed E-state index contributed by atoms with van der Waals surface area (Å²) in [6.45, 7) is 2.18. The van der Waals surface area contributed by atoms with Gasteiger partial charge in [0, 0.05) is 6.04 Å². The summed E-state index contributed by atoms with van der Waals surface area (Å²) in [5.74, 6) is 0.497. The van der Waals surface area contributed by atoms with Gasteiger partial charge >= 0.3 is 0 Å². The number of carbonyl (C=O) groups excluding carboxylic acids is 1. The summed E-state index contributed by atoms with van der Waals surface area (Å²) in [4.78, 5) is 11.7. The Morgan fingerprint density at radius 2 is 2.44 bits per heavy atom. The van der Waals surface area contributed by atoms with Gasteiger partial charge in [-0.05, 0) is 18.6 Å². The van der Waals surface area contributed by atoms with Gasteiger partial charge in [0.2, 0.25) is 0 Å². The van der Waals surface area contributed by atoms with Crippen molar-refractivity contribution in [2.45, 2.75) is 32.4 Å². The number of hydrogen-bond donors (Lipinski definition) is 2. The Bertz CT molecular complexity index is 392. The third-order valence-corrected chi connectivity index (χ3v) is 2.25. The quantitative estimate of drug-likeness (QED) is 0.780. The molecule has 0 aliphatic rings. The standard InChI is InChI=1S/C11H15N3O2/c1-2-8(5-6-12)14-11(15)10-4-3-9(7-13)16-10/h3-4,8H,2,5,7,13H2,1H3,(H,14,15). The highest BCUT2D eigenvalue weighted by molar-refractivity contribution is 5.91.